The van der Waals surface area contributed by atoms with Crippen molar-refractivity contribution in [3.63, 3.8) is 0 Å². The van der Waals surface area contributed by atoms with Crippen molar-refractivity contribution in [3.05, 3.63) is 160 Å². The van der Waals surface area contributed by atoms with Gasteiger partial charge in [0, 0.05) is 91.2 Å². The molecule has 0 radical (unpaired) electrons. The van der Waals surface area contributed by atoms with Crippen molar-refractivity contribution in [2.24, 2.45) is 15.0 Å². The van der Waals surface area contributed by atoms with Crippen LogP contribution in [-0.4, -0.2) is 142 Å². The molecule has 21 heteroatoms. The first-order chi connectivity index (χ1) is 36.4. The summed E-state index contributed by atoms with van der Waals surface area (Å²) in [4.78, 5) is 47.6. The number of fused-ring (bicyclic) bond motifs is 3. The van der Waals surface area contributed by atoms with Crippen LogP contribution in [0.25, 0.3) is 0 Å². The van der Waals surface area contributed by atoms with Crippen LogP contribution in [0.15, 0.2) is 125 Å². The van der Waals surface area contributed by atoms with Crippen LogP contribution in [0.4, 0.5) is 17.5 Å². The number of anilines is 3. The quantitative estimate of drug-likeness (QED) is 0.0716. The second kappa shape index (κ2) is 35.1. The van der Waals surface area contributed by atoms with E-state index in [0.29, 0.717) is 6.54 Å². The maximum absolute atomic E-state index is 9.73. The van der Waals surface area contributed by atoms with Gasteiger partial charge in [0.1, 0.15) is 34.7 Å². The van der Waals surface area contributed by atoms with Gasteiger partial charge in [-0.15, -0.1) is 0 Å². The van der Waals surface area contributed by atoms with Crippen molar-refractivity contribution in [3.8, 4) is 17.2 Å². The van der Waals surface area contributed by atoms with Crippen molar-refractivity contribution in [1.29, 1.82) is 0 Å². The predicted molar refractivity (Wildman–Crippen MR) is 306 cm³/mol. The number of hydrogen-bond donors (Lipinski definition) is 1. The molecule has 3 aromatic carbocycles. The molecule has 18 nitrogen and oxygen atoms in total. The average molecular weight is 1420 g/mol. The maximum atomic E-state index is 9.73. The van der Waals surface area contributed by atoms with Crippen molar-refractivity contribution in [2.45, 2.75) is 34.5 Å². The molecule has 1 N–H and O–H groups in total. The number of aromatic nitrogens is 3. The van der Waals surface area contributed by atoms with E-state index in [1.807, 2.05) is 59.9 Å². The summed E-state index contributed by atoms with van der Waals surface area (Å²) >= 11 is 2.15. The summed E-state index contributed by atoms with van der Waals surface area (Å²) in [6, 6.07) is 30.1. The Balaban J connectivity index is 0.000000288. The van der Waals surface area contributed by atoms with Gasteiger partial charge >= 0.3 is 138 Å². The summed E-state index contributed by atoms with van der Waals surface area (Å²) in [5.74, 6) is 4.93. The SMILES string of the molecule is C.C.CI.COc1ccc2c(c1)C(c1ccnc(N3CCOCC3)c1)=NC2.COc1ccc2c(c1)C(c1ccnc(N3CCOCC3)c1)=NC2.O=CO[O-].Oc1ccc2c(c1)C(c1ccnc(N3CCOCC3)c1)=NC2.[Cs+].[Cs+].[H-]. The number of carbonyl (C=O) groups is 1. The molecule has 0 aliphatic carbocycles. The number of halogens is 1. The van der Waals surface area contributed by atoms with Gasteiger partial charge in [-0.05, 0) is 94.4 Å². The minimum Gasteiger partial charge on any atom is -1.00 e. The fraction of sp³-hybridized carbons (Fsp3) is 0.351. The Kier molecular flexibility index (Phi) is 30.4. The summed E-state index contributed by atoms with van der Waals surface area (Å²) in [5, 5.41) is 18.2. The molecule has 404 valence electrons. The van der Waals surface area contributed by atoms with E-state index in [1.54, 1.807) is 26.4 Å². The van der Waals surface area contributed by atoms with E-state index in [9.17, 15) is 5.11 Å². The molecule has 6 aliphatic rings. The number of aromatic hydroxyl groups is 1. The molecule has 0 spiro atoms. The zero-order valence-corrected chi connectivity index (χ0v) is 58.4. The molecule has 3 aromatic heterocycles. The molecule has 6 aliphatic heterocycles. The average Bonchev–Trinajstić information content (AvgIpc) is 4.24. The number of carbonyl (C=O) groups excluding carboxylic acids is 1. The van der Waals surface area contributed by atoms with Crippen LogP contribution in [0.1, 0.15) is 66.4 Å². The first-order valence-corrected chi connectivity index (χ1v) is 26.4. The smallest absolute Gasteiger partial charge is 1.00 e. The third kappa shape index (κ3) is 17.8. The number of morpholine rings is 3. The second-order valence-corrected chi connectivity index (χ2v) is 17.1. The fourth-order valence-corrected chi connectivity index (χ4v) is 9.09. The fourth-order valence-electron chi connectivity index (χ4n) is 9.09. The molecule has 78 heavy (non-hydrogen) atoms. The van der Waals surface area contributed by atoms with Crippen LogP contribution in [0.5, 0.6) is 17.2 Å². The summed E-state index contributed by atoms with van der Waals surface area (Å²) in [6.45, 7) is 11.7. The minimum absolute atomic E-state index is 0. The van der Waals surface area contributed by atoms with Crippen LogP contribution in [-0.2, 0) is 43.5 Å². The molecule has 12 rings (SSSR count). The number of phenolic OH excluding ortho intramolecular Hbond substituents is 1. The summed E-state index contributed by atoms with van der Waals surface area (Å²) in [6.07, 6.45) is 5.55. The Bertz CT molecular complexity index is 2830. The maximum Gasteiger partial charge on any atom is 1.00 e. The summed E-state index contributed by atoms with van der Waals surface area (Å²) in [5.41, 5.74) is 13.2. The molecule has 0 bridgehead atoms. The van der Waals surface area contributed by atoms with E-state index in [2.05, 4.69) is 105 Å². The van der Waals surface area contributed by atoms with Gasteiger partial charge in [0.25, 0.3) is 6.47 Å². The van der Waals surface area contributed by atoms with E-state index in [-0.39, 0.29) is 166 Å². The van der Waals surface area contributed by atoms with E-state index in [0.717, 1.165) is 177 Å². The van der Waals surface area contributed by atoms with Crippen molar-refractivity contribution in [2.75, 3.05) is 113 Å². The number of benzene rings is 3. The van der Waals surface area contributed by atoms with Crippen LogP contribution in [0, 0.1) is 0 Å². The van der Waals surface area contributed by atoms with Gasteiger partial charge < -0.3 is 55.1 Å². The van der Waals surface area contributed by atoms with Gasteiger partial charge in [0.2, 0.25) is 0 Å². The van der Waals surface area contributed by atoms with Crippen LogP contribution < -0.4 is 167 Å². The number of nitrogens with zero attached hydrogens (tertiary/aromatic N) is 9. The summed E-state index contributed by atoms with van der Waals surface area (Å²) < 4.78 is 26.9. The molecule has 3 saturated heterocycles. The molecular formula is C57H68Cs2IN9O9. The van der Waals surface area contributed by atoms with Crippen LogP contribution >= 0.6 is 22.6 Å². The first kappa shape index (κ1) is 67.6. The molecule has 0 amide bonds. The number of ether oxygens (including phenoxy) is 5. The van der Waals surface area contributed by atoms with Gasteiger partial charge in [-0.25, -0.2) is 15.0 Å². The van der Waals surface area contributed by atoms with Gasteiger partial charge in [-0.1, -0.05) is 55.6 Å². The van der Waals surface area contributed by atoms with Gasteiger partial charge in [0.15, 0.2) is 0 Å². The first-order valence-electron chi connectivity index (χ1n) is 24.2. The van der Waals surface area contributed by atoms with Gasteiger partial charge in [-0.3, -0.25) is 19.8 Å². The molecule has 0 saturated carbocycles. The number of rotatable bonds is 9. The Morgan fingerprint density at radius 3 is 1.14 bits per heavy atom. The molecule has 3 fully saturated rings. The zero-order valence-electron chi connectivity index (χ0n) is 44.7. The predicted octanol–water partition coefficient (Wildman–Crippen LogP) is 1.41. The molecule has 9 heterocycles. The van der Waals surface area contributed by atoms with Crippen molar-refractivity contribution < 1.29 is 183 Å². The monoisotopic (exact) mass is 1420 g/mol. The van der Waals surface area contributed by atoms with Crippen LogP contribution in [0.3, 0.4) is 0 Å². The Hall–Kier alpha value is -2.94. The largest absolute Gasteiger partial charge is 1.00 e. The number of hydrogen-bond acceptors (Lipinski definition) is 18. The minimum atomic E-state index is -0.181. The molecule has 6 aromatic rings. The molecular weight excluding hydrogens is 1350 g/mol. The summed E-state index contributed by atoms with van der Waals surface area (Å²) in [7, 11) is 3.38. The van der Waals surface area contributed by atoms with Crippen molar-refractivity contribution in [1.82, 2.24) is 15.0 Å². The number of alkyl halides is 1. The van der Waals surface area contributed by atoms with Gasteiger partial charge in [0.05, 0.1) is 90.6 Å². The molecule has 0 unspecified atom stereocenters. The van der Waals surface area contributed by atoms with Crippen LogP contribution in [0.2, 0.25) is 0 Å². The topological polar surface area (TPSA) is 201 Å². The van der Waals surface area contributed by atoms with E-state index in [4.69, 9.17) is 43.7 Å². The second-order valence-electron chi connectivity index (χ2n) is 17.1. The Labute approximate surface area is 591 Å². The third-order valence-corrected chi connectivity index (χ3v) is 12.8. The molecule has 0 atom stereocenters. The number of phenols is 1. The number of pyridine rings is 3. The standard InChI is InChI=1S/2C18H19N3O2.C17H17N3O2.CH3I.CH2O3.2CH4.2Cs.H/c2*1-22-15-3-2-14-12-20-18(16(14)11-15)13-4-5-19-17(10-13)21-6-8-23-9-7-21;21-14-2-1-13-11-19-17(15(13)10-14)12-3-4-18-16(9-12)20-5-7-22-8-6-20;1-2;2-1-4-3;;;;;/h2*2-5,10-11H,6-9,12H2,1H3;1-4,9-10,21H,5-8,11H2;1H3;1,3H;2*1H4;;;/q;;;;;;;2*+1;-1/p-1. The van der Waals surface area contributed by atoms with E-state index in [1.165, 1.54) is 11.1 Å². The van der Waals surface area contributed by atoms with Crippen molar-refractivity contribution >= 4 is 63.7 Å². The van der Waals surface area contributed by atoms with E-state index >= 15 is 0 Å². The number of methoxy groups -OCH3 is 2. The Morgan fingerprint density at radius 2 is 0.833 bits per heavy atom. The normalized spacial score (nSPS) is 15.2. The zero-order chi connectivity index (χ0) is 51.7. The van der Waals surface area contributed by atoms with Gasteiger partial charge in [-0.2, -0.15) is 0 Å². The Morgan fingerprint density at radius 1 is 0.526 bits per heavy atom. The third-order valence-electron chi connectivity index (χ3n) is 12.8. The van der Waals surface area contributed by atoms with E-state index < -0.39 is 0 Å². The number of aliphatic imine (C=N–C) groups is 3.